The largest absolute Gasteiger partial charge is 0.415 e. The number of ether oxygens (including phenoxy) is 1. The minimum atomic E-state index is -0.640. The lowest BCUT2D eigenvalue weighted by Crippen LogP contribution is -2.33. The highest BCUT2D eigenvalue weighted by molar-refractivity contribution is 5.99. The van der Waals surface area contributed by atoms with Gasteiger partial charge in [-0.05, 0) is 67.4 Å². The van der Waals surface area contributed by atoms with Crippen LogP contribution in [0.15, 0.2) is 66.9 Å². The number of hydrogen-bond donors (Lipinski definition) is 0. The molecule has 0 atom stereocenters. The van der Waals surface area contributed by atoms with Gasteiger partial charge >= 0.3 is 6.09 Å². The van der Waals surface area contributed by atoms with Gasteiger partial charge in [0.25, 0.3) is 0 Å². The van der Waals surface area contributed by atoms with E-state index >= 15 is 0 Å². The van der Waals surface area contributed by atoms with Crippen LogP contribution in [0.1, 0.15) is 19.4 Å². The van der Waals surface area contributed by atoms with Crippen molar-refractivity contribution in [2.24, 2.45) is 0 Å². The highest BCUT2D eigenvalue weighted by Gasteiger charge is 2.19. The summed E-state index contributed by atoms with van der Waals surface area (Å²) in [5.74, 6) is -1.31. The van der Waals surface area contributed by atoms with Crippen LogP contribution in [0, 0.1) is 17.5 Å². The van der Waals surface area contributed by atoms with Crippen molar-refractivity contribution >= 4 is 17.0 Å². The number of nitrogens with zero attached hydrogens (tertiary/aromatic N) is 2. The molecular weight excluding hydrogens is 429 g/mol. The lowest BCUT2D eigenvalue weighted by Gasteiger charge is -2.20. The molecule has 0 N–H and O–H groups in total. The van der Waals surface area contributed by atoms with Crippen LogP contribution >= 0.6 is 0 Å². The highest BCUT2D eigenvalue weighted by atomic mass is 19.1. The van der Waals surface area contributed by atoms with E-state index in [1.807, 2.05) is 24.5 Å². The van der Waals surface area contributed by atoms with E-state index in [-0.39, 0.29) is 12.4 Å². The Bertz CT molecular complexity index is 1270. The van der Waals surface area contributed by atoms with Gasteiger partial charge in [0.1, 0.15) is 23.2 Å². The van der Waals surface area contributed by atoms with E-state index < -0.39 is 17.7 Å². The van der Waals surface area contributed by atoms with Gasteiger partial charge in [-0.25, -0.2) is 18.0 Å². The van der Waals surface area contributed by atoms with Crippen molar-refractivity contribution in [1.29, 1.82) is 0 Å². The third-order valence-corrected chi connectivity index (χ3v) is 5.54. The van der Waals surface area contributed by atoms with Crippen LogP contribution in [-0.2, 0) is 6.54 Å². The van der Waals surface area contributed by atoms with E-state index in [4.69, 9.17) is 4.74 Å². The summed E-state index contributed by atoms with van der Waals surface area (Å²) >= 11 is 0. The molecule has 0 saturated carbocycles. The van der Waals surface area contributed by atoms with Crippen molar-refractivity contribution in [3.63, 3.8) is 0 Å². The van der Waals surface area contributed by atoms with Crippen LogP contribution in [-0.4, -0.2) is 28.6 Å². The Morgan fingerprint density at radius 1 is 0.879 bits per heavy atom. The topological polar surface area (TPSA) is 34.5 Å². The molecule has 4 nitrogen and oxygen atoms in total. The van der Waals surface area contributed by atoms with Crippen molar-refractivity contribution in [3.8, 4) is 16.9 Å². The molecule has 0 fully saturated rings. The van der Waals surface area contributed by atoms with Crippen LogP contribution in [0.2, 0.25) is 0 Å². The molecule has 1 aromatic heterocycles. The Morgan fingerprint density at radius 2 is 1.55 bits per heavy atom. The van der Waals surface area contributed by atoms with Gasteiger partial charge in [-0.1, -0.05) is 12.1 Å². The molecule has 4 rings (SSSR count). The SMILES string of the molecule is CCN(CC)C(=O)Oc1ccc2c(ccn2Cc2cc(F)cc(F)c2)c1-c1ccc(F)cc1. The zero-order chi connectivity index (χ0) is 23.5. The van der Waals surface area contributed by atoms with E-state index in [1.54, 1.807) is 35.4 Å². The first-order valence-corrected chi connectivity index (χ1v) is 10.7. The number of halogens is 3. The molecule has 1 amide bonds. The predicted molar refractivity (Wildman–Crippen MR) is 122 cm³/mol. The first-order chi connectivity index (χ1) is 15.9. The molecule has 170 valence electrons. The second-order valence-electron chi connectivity index (χ2n) is 7.64. The summed E-state index contributed by atoms with van der Waals surface area (Å²) in [5, 5.41) is 0.767. The van der Waals surface area contributed by atoms with Crippen molar-refractivity contribution in [1.82, 2.24) is 9.47 Å². The van der Waals surface area contributed by atoms with Crippen LogP contribution in [0.5, 0.6) is 5.75 Å². The summed E-state index contributed by atoms with van der Waals surface area (Å²) in [6.45, 7) is 4.99. The first-order valence-electron chi connectivity index (χ1n) is 10.7. The Balaban J connectivity index is 1.81. The summed E-state index contributed by atoms with van der Waals surface area (Å²) in [6, 6.07) is 14.7. The Kier molecular flexibility index (Phi) is 6.40. The first kappa shape index (κ1) is 22.5. The molecule has 0 aliphatic rings. The van der Waals surface area contributed by atoms with Gasteiger partial charge in [0.05, 0.1) is 0 Å². The Labute approximate surface area is 189 Å². The fourth-order valence-corrected chi connectivity index (χ4v) is 3.93. The summed E-state index contributed by atoms with van der Waals surface area (Å²) in [6.07, 6.45) is 1.33. The maximum Gasteiger partial charge on any atom is 0.415 e. The number of carbonyl (C=O) groups is 1. The number of fused-ring (bicyclic) bond motifs is 1. The van der Waals surface area contributed by atoms with E-state index in [1.165, 1.54) is 24.3 Å². The molecule has 0 saturated heterocycles. The third kappa shape index (κ3) is 4.72. The third-order valence-electron chi connectivity index (χ3n) is 5.54. The molecule has 0 aliphatic carbocycles. The highest BCUT2D eigenvalue weighted by Crippen LogP contribution is 2.38. The standard InChI is InChI=1S/C26H23F3N2O2/c1-3-30(4-2)26(32)33-24-10-9-23-22(25(24)18-5-7-19(27)8-6-18)11-12-31(23)16-17-13-20(28)15-21(29)14-17/h5-15H,3-4,16H2,1-2H3. The Hall–Kier alpha value is -3.74. The summed E-state index contributed by atoms with van der Waals surface area (Å²) in [7, 11) is 0. The van der Waals surface area contributed by atoms with Crippen molar-refractivity contribution in [2.75, 3.05) is 13.1 Å². The lowest BCUT2D eigenvalue weighted by molar-refractivity contribution is 0.157. The molecule has 7 heteroatoms. The molecule has 1 heterocycles. The second-order valence-corrected chi connectivity index (χ2v) is 7.64. The van der Waals surface area contributed by atoms with Gasteiger partial charge in [0.2, 0.25) is 0 Å². The lowest BCUT2D eigenvalue weighted by atomic mass is 10.0. The number of rotatable bonds is 6. The van der Waals surface area contributed by atoms with Gasteiger partial charge in [0.15, 0.2) is 0 Å². The smallest absolute Gasteiger partial charge is 0.410 e. The number of benzene rings is 3. The predicted octanol–water partition coefficient (Wildman–Crippen LogP) is 6.61. The summed E-state index contributed by atoms with van der Waals surface area (Å²) < 4.78 is 48.5. The zero-order valence-corrected chi connectivity index (χ0v) is 18.3. The maximum atomic E-state index is 13.7. The van der Waals surface area contributed by atoms with E-state index in [2.05, 4.69) is 0 Å². The Morgan fingerprint density at radius 3 is 2.18 bits per heavy atom. The zero-order valence-electron chi connectivity index (χ0n) is 18.3. The molecule has 33 heavy (non-hydrogen) atoms. The molecule has 0 bridgehead atoms. The van der Waals surface area contributed by atoms with Crippen molar-refractivity contribution in [2.45, 2.75) is 20.4 Å². The van der Waals surface area contributed by atoms with E-state index in [0.29, 0.717) is 35.5 Å². The van der Waals surface area contributed by atoms with Crippen LogP contribution in [0.25, 0.3) is 22.0 Å². The average molecular weight is 452 g/mol. The fourth-order valence-electron chi connectivity index (χ4n) is 3.93. The average Bonchev–Trinajstić information content (AvgIpc) is 3.17. The molecule has 4 aromatic rings. The minimum absolute atomic E-state index is 0.250. The summed E-state index contributed by atoms with van der Waals surface area (Å²) in [5.41, 5.74) is 2.57. The number of aromatic nitrogens is 1. The van der Waals surface area contributed by atoms with Crippen molar-refractivity contribution in [3.05, 3.63) is 89.9 Å². The van der Waals surface area contributed by atoms with Gasteiger partial charge in [-0.2, -0.15) is 0 Å². The van der Waals surface area contributed by atoms with E-state index in [0.717, 1.165) is 17.0 Å². The second kappa shape index (κ2) is 9.40. The molecule has 0 radical (unpaired) electrons. The number of carbonyl (C=O) groups excluding carboxylic acids is 1. The van der Waals surface area contributed by atoms with Crippen LogP contribution in [0.3, 0.4) is 0 Å². The summed E-state index contributed by atoms with van der Waals surface area (Å²) in [4.78, 5) is 14.2. The van der Waals surface area contributed by atoms with E-state index in [9.17, 15) is 18.0 Å². The van der Waals surface area contributed by atoms with Crippen molar-refractivity contribution < 1.29 is 22.7 Å². The van der Waals surface area contributed by atoms with Gasteiger partial charge < -0.3 is 14.2 Å². The molecule has 0 spiro atoms. The maximum absolute atomic E-state index is 13.7. The molecule has 0 unspecified atom stereocenters. The normalized spacial score (nSPS) is 11.1. The quantitative estimate of drug-likeness (QED) is 0.330. The van der Waals surface area contributed by atoms with Gasteiger partial charge in [0, 0.05) is 48.4 Å². The van der Waals surface area contributed by atoms with Gasteiger partial charge in [-0.15, -0.1) is 0 Å². The van der Waals surface area contributed by atoms with Gasteiger partial charge in [-0.3, -0.25) is 0 Å². The minimum Gasteiger partial charge on any atom is -0.410 e. The fraction of sp³-hybridized carbons (Fsp3) is 0.192. The molecule has 3 aromatic carbocycles. The van der Waals surface area contributed by atoms with Crippen LogP contribution in [0.4, 0.5) is 18.0 Å². The molecular formula is C26H23F3N2O2. The number of hydrogen-bond acceptors (Lipinski definition) is 2. The van der Waals surface area contributed by atoms with Crippen LogP contribution < -0.4 is 4.74 Å². The number of amides is 1. The molecule has 0 aliphatic heterocycles. The monoisotopic (exact) mass is 452 g/mol.